The number of benzene rings is 2. The molecule has 0 saturated carbocycles. The number of anilines is 1. The van der Waals surface area contributed by atoms with Crippen molar-refractivity contribution in [3.63, 3.8) is 0 Å². The molecular formula is C25H26FN3O5S. The van der Waals surface area contributed by atoms with Gasteiger partial charge in [-0.25, -0.2) is 12.8 Å². The maximum atomic E-state index is 14.0. The molecule has 1 amide bonds. The number of nitrogens with one attached hydrogen (secondary N) is 1. The standard InChI is InChI=1S/C25H26FN3O5S/c1-33-22-7-6-20(16-23(22)34-17-18-8-12-27-13-9-18)28-25(30)19-10-14-29(15-11-19)35(31,32)24-5-3-2-4-21(24)26/h2-9,12-13,16,19H,10-11,14-15,17H2,1H3,(H,28,30). The number of amides is 1. The minimum Gasteiger partial charge on any atom is -0.493 e. The summed E-state index contributed by atoms with van der Waals surface area (Å²) in [4.78, 5) is 16.5. The number of methoxy groups -OCH3 is 1. The van der Waals surface area contributed by atoms with Gasteiger partial charge in [0.1, 0.15) is 17.3 Å². The van der Waals surface area contributed by atoms with Crippen molar-refractivity contribution >= 4 is 21.6 Å². The number of carbonyl (C=O) groups excluding carboxylic acids is 1. The molecule has 1 N–H and O–H groups in total. The molecule has 184 valence electrons. The van der Waals surface area contributed by atoms with E-state index >= 15 is 0 Å². The van der Waals surface area contributed by atoms with Crippen LogP contribution in [0.3, 0.4) is 0 Å². The zero-order valence-corrected chi connectivity index (χ0v) is 20.0. The highest BCUT2D eigenvalue weighted by Crippen LogP contribution is 2.32. The van der Waals surface area contributed by atoms with Crippen molar-refractivity contribution < 1.29 is 27.1 Å². The van der Waals surface area contributed by atoms with Crippen LogP contribution < -0.4 is 14.8 Å². The van der Waals surface area contributed by atoms with Gasteiger partial charge in [-0.1, -0.05) is 12.1 Å². The predicted octanol–water partition coefficient (Wildman–Crippen LogP) is 3.85. The first kappa shape index (κ1) is 24.6. The second kappa shape index (κ2) is 10.8. The molecule has 1 aromatic heterocycles. The van der Waals surface area contributed by atoms with Crippen LogP contribution in [0.15, 0.2) is 71.9 Å². The molecule has 10 heteroatoms. The number of hydrogen-bond donors (Lipinski definition) is 1. The highest BCUT2D eigenvalue weighted by molar-refractivity contribution is 7.89. The van der Waals surface area contributed by atoms with Crippen molar-refractivity contribution in [1.29, 1.82) is 0 Å². The lowest BCUT2D eigenvalue weighted by Crippen LogP contribution is -2.41. The minimum absolute atomic E-state index is 0.137. The Bertz CT molecular complexity index is 1280. The van der Waals surface area contributed by atoms with Gasteiger partial charge in [-0.3, -0.25) is 9.78 Å². The Labute approximate surface area is 203 Å². The monoisotopic (exact) mass is 499 g/mol. The summed E-state index contributed by atoms with van der Waals surface area (Å²) in [6.45, 7) is 0.584. The summed E-state index contributed by atoms with van der Waals surface area (Å²) in [6.07, 6.45) is 4.03. The zero-order chi connectivity index (χ0) is 24.8. The number of aromatic nitrogens is 1. The zero-order valence-electron chi connectivity index (χ0n) is 19.2. The van der Waals surface area contributed by atoms with Crippen LogP contribution in [0.5, 0.6) is 11.5 Å². The molecular weight excluding hydrogens is 473 g/mol. The maximum absolute atomic E-state index is 14.0. The largest absolute Gasteiger partial charge is 0.493 e. The molecule has 35 heavy (non-hydrogen) atoms. The molecule has 4 rings (SSSR count). The normalized spacial score (nSPS) is 14.9. The number of piperidine rings is 1. The van der Waals surface area contributed by atoms with E-state index in [1.54, 1.807) is 30.6 Å². The number of nitrogens with zero attached hydrogens (tertiary/aromatic N) is 2. The lowest BCUT2D eigenvalue weighted by atomic mass is 9.97. The van der Waals surface area contributed by atoms with Gasteiger partial charge in [-0.15, -0.1) is 0 Å². The Morgan fingerprint density at radius 2 is 1.80 bits per heavy atom. The fraction of sp³-hybridized carbons (Fsp3) is 0.280. The number of ether oxygens (including phenoxy) is 2. The van der Waals surface area contributed by atoms with Crippen molar-refractivity contribution in [2.75, 3.05) is 25.5 Å². The highest BCUT2D eigenvalue weighted by Gasteiger charge is 2.33. The van der Waals surface area contributed by atoms with Gasteiger partial charge in [0.15, 0.2) is 11.5 Å². The molecule has 1 saturated heterocycles. The summed E-state index contributed by atoms with van der Waals surface area (Å²) >= 11 is 0. The summed E-state index contributed by atoms with van der Waals surface area (Å²) in [5.41, 5.74) is 1.48. The molecule has 8 nitrogen and oxygen atoms in total. The molecule has 0 radical (unpaired) electrons. The van der Waals surface area contributed by atoms with E-state index in [2.05, 4.69) is 10.3 Å². The number of sulfonamides is 1. The lowest BCUT2D eigenvalue weighted by Gasteiger charge is -2.30. The van der Waals surface area contributed by atoms with E-state index in [1.807, 2.05) is 12.1 Å². The van der Waals surface area contributed by atoms with Crippen LogP contribution in [-0.2, 0) is 21.4 Å². The van der Waals surface area contributed by atoms with E-state index < -0.39 is 15.8 Å². The molecule has 0 aliphatic carbocycles. The Kier molecular flexibility index (Phi) is 7.62. The third-order valence-corrected chi connectivity index (χ3v) is 7.79. The second-order valence-corrected chi connectivity index (χ2v) is 10.0. The van der Waals surface area contributed by atoms with E-state index in [1.165, 1.54) is 29.6 Å². The lowest BCUT2D eigenvalue weighted by molar-refractivity contribution is -0.120. The van der Waals surface area contributed by atoms with Gasteiger partial charge in [-0.2, -0.15) is 4.31 Å². The fourth-order valence-corrected chi connectivity index (χ4v) is 5.44. The van der Waals surface area contributed by atoms with Crippen LogP contribution >= 0.6 is 0 Å². The van der Waals surface area contributed by atoms with Crippen molar-refractivity contribution in [2.24, 2.45) is 5.92 Å². The first-order valence-corrected chi connectivity index (χ1v) is 12.6. The summed E-state index contributed by atoms with van der Waals surface area (Å²) in [5, 5.41) is 2.88. The van der Waals surface area contributed by atoms with Crippen molar-refractivity contribution in [2.45, 2.75) is 24.3 Å². The van der Waals surface area contributed by atoms with Crippen LogP contribution in [-0.4, -0.2) is 43.8 Å². The van der Waals surface area contributed by atoms with Gasteiger partial charge in [-0.05, 0) is 54.8 Å². The summed E-state index contributed by atoms with van der Waals surface area (Å²) in [6, 6.07) is 14.1. The van der Waals surface area contributed by atoms with Gasteiger partial charge < -0.3 is 14.8 Å². The quantitative estimate of drug-likeness (QED) is 0.506. The van der Waals surface area contributed by atoms with E-state index in [0.717, 1.165) is 11.6 Å². The van der Waals surface area contributed by atoms with E-state index in [9.17, 15) is 17.6 Å². The minimum atomic E-state index is -3.95. The number of hydrogen-bond acceptors (Lipinski definition) is 6. The Morgan fingerprint density at radius 3 is 2.49 bits per heavy atom. The topological polar surface area (TPSA) is 97.8 Å². The number of rotatable bonds is 8. The number of pyridine rings is 1. The summed E-state index contributed by atoms with van der Waals surface area (Å²) < 4.78 is 52.1. The summed E-state index contributed by atoms with van der Waals surface area (Å²) in [5.74, 6) is -0.353. The second-order valence-electron chi connectivity index (χ2n) is 8.11. The fourth-order valence-electron chi connectivity index (χ4n) is 3.90. The smallest absolute Gasteiger partial charge is 0.245 e. The molecule has 2 aromatic carbocycles. The Hall–Kier alpha value is -3.50. The van der Waals surface area contributed by atoms with Crippen LogP contribution in [0.2, 0.25) is 0 Å². The van der Waals surface area contributed by atoms with Crippen molar-refractivity contribution in [1.82, 2.24) is 9.29 Å². The molecule has 0 unspecified atom stereocenters. The number of carbonyl (C=O) groups is 1. The third kappa shape index (κ3) is 5.77. The van der Waals surface area contributed by atoms with Crippen LogP contribution in [0.25, 0.3) is 0 Å². The molecule has 3 aromatic rings. The van der Waals surface area contributed by atoms with Gasteiger partial charge in [0, 0.05) is 43.2 Å². The first-order valence-electron chi connectivity index (χ1n) is 11.1. The molecule has 1 fully saturated rings. The van der Waals surface area contributed by atoms with Gasteiger partial charge >= 0.3 is 0 Å². The van der Waals surface area contributed by atoms with Crippen LogP contribution in [0, 0.1) is 11.7 Å². The Balaban J connectivity index is 1.37. The molecule has 2 heterocycles. The van der Waals surface area contributed by atoms with Gasteiger partial charge in [0.25, 0.3) is 0 Å². The molecule has 0 spiro atoms. The Morgan fingerprint density at radius 1 is 1.09 bits per heavy atom. The first-order chi connectivity index (χ1) is 16.9. The van der Waals surface area contributed by atoms with E-state index in [0.29, 0.717) is 36.6 Å². The van der Waals surface area contributed by atoms with E-state index in [-0.39, 0.29) is 29.8 Å². The van der Waals surface area contributed by atoms with E-state index in [4.69, 9.17) is 9.47 Å². The summed E-state index contributed by atoms with van der Waals surface area (Å²) in [7, 11) is -2.41. The maximum Gasteiger partial charge on any atom is 0.245 e. The number of halogens is 1. The predicted molar refractivity (Wildman–Crippen MR) is 128 cm³/mol. The van der Waals surface area contributed by atoms with Gasteiger partial charge in [0.05, 0.1) is 7.11 Å². The van der Waals surface area contributed by atoms with Crippen LogP contribution in [0.1, 0.15) is 18.4 Å². The van der Waals surface area contributed by atoms with Crippen molar-refractivity contribution in [3.05, 3.63) is 78.4 Å². The highest BCUT2D eigenvalue weighted by atomic mass is 32.2. The molecule has 1 aliphatic heterocycles. The van der Waals surface area contributed by atoms with Crippen LogP contribution in [0.4, 0.5) is 10.1 Å². The third-order valence-electron chi connectivity index (χ3n) is 5.85. The molecule has 1 aliphatic rings. The molecule has 0 bridgehead atoms. The van der Waals surface area contributed by atoms with Crippen molar-refractivity contribution in [3.8, 4) is 11.5 Å². The average Bonchev–Trinajstić information content (AvgIpc) is 2.88. The SMILES string of the molecule is COc1ccc(NC(=O)C2CCN(S(=O)(=O)c3ccccc3F)CC2)cc1OCc1ccncc1. The van der Waals surface area contributed by atoms with Gasteiger partial charge in [0.2, 0.25) is 15.9 Å². The molecule has 0 atom stereocenters. The average molecular weight is 500 g/mol.